The first kappa shape index (κ1) is 28.6. The van der Waals surface area contributed by atoms with Crippen molar-refractivity contribution in [1.29, 1.82) is 0 Å². The number of hydrogen-bond acceptors (Lipinski definition) is 6. The summed E-state index contributed by atoms with van der Waals surface area (Å²) in [5.41, 5.74) is -1.74. The van der Waals surface area contributed by atoms with Crippen molar-refractivity contribution in [1.82, 2.24) is 16.0 Å². The van der Waals surface area contributed by atoms with Gasteiger partial charge >= 0.3 is 12.2 Å². The lowest BCUT2D eigenvalue weighted by Crippen LogP contribution is -2.55. The van der Waals surface area contributed by atoms with E-state index in [1.165, 1.54) is 23.1 Å². The highest BCUT2D eigenvalue weighted by atomic mass is 35.5. The van der Waals surface area contributed by atoms with Crippen molar-refractivity contribution < 1.29 is 37.1 Å². The van der Waals surface area contributed by atoms with Gasteiger partial charge in [0, 0.05) is 24.8 Å². The van der Waals surface area contributed by atoms with Crippen molar-refractivity contribution in [3.63, 3.8) is 0 Å². The number of halogens is 4. The maximum atomic E-state index is 14.0. The average Bonchev–Trinajstić information content (AvgIpc) is 3.30. The van der Waals surface area contributed by atoms with Gasteiger partial charge < -0.3 is 30.9 Å². The number of ether oxygens (including phenoxy) is 1. The van der Waals surface area contributed by atoms with E-state index in [0.29, 0.717) is 4.34 Å². The Labute approximate surface area is 230 Å². The van der Waals surface area contributed by atoms with Gasteiger partial charge in [-0.1, -0.05) is 11.6 Å². The Balaban J connectivity index is 1.52. The normalized spacial score (nSPS) is 16.7. The van der Waals surface area contributed by atoms with Gasteiger partial charge in [-0.05, 0) is 49.6 Å². The molecule has 1 aliphatic heterocycles. The second kappa shape index (κ2) is 12.2. The third kappa shape index (κ3) is 7.40. The number of carbonyl (C=O) groups excluding carboxylic acids is 4. The summed E-state index contributed by atoms with van der Waals surface area (Å²) in [7, 11) is 0. The summed E-state index contributed by atoms with van der Waals surface area (Å²) >= 11 is 6.86. The van der Waals surface area contributed by atoms with Crippen molar-refractivity contribution in [2.24, 2.45) is 0 Å². The van der Waals surface area contributed by atoms with Crippen LogP contribution in [-0.4, -0.2) is 62.1 Å². The first-order chi connectivity index (χ1) is 18.5. The summed E-state index contributed by atoms with van der Waals surface area (Å²) in [5.74, 6) is -2.04. The summed E-state index contributed by atoms with van der Waals surface area (Å²) in [6.45, 7) is -0.399. The van der Waals surface area contributed by atoms with Crippen molar-refractivity contribution in [3.8, 4) is 0 Å². The third-order valence-electron chi connectivity index (χ3n) is 6.19. The number of alkyl halides is 3. The summed E-state index contributed by atoms with van der Waals surface area (Å²) in [4.78, 5) is 51.6. The molecule has 0 unspecified atom stereocenters. The van der Waals surface area contributed by atoms with Crippen LogP contribution in [0, 0.1) is 0 Å². The number of thiophene rings is 1. The second-order valence-corrected chi connectivity index (χ2v) is 10.6. The highest BCUT2D eigenvalue weighted by Gasteiger charge is 2.36. The molecule has 2 aliphatic rings. The SMILES string of the molecule is O=C(NC1CCC1)N[C@@H](CNC(=O)c1ccc(Cl)s1)C(=O)Nc1ccc(N2CCOCC2=O)cc1C(F)(F)F. The molecule has 1 aliphatic carbocycles. The molecule has 0 bridgehead atoms. The van der Waals surface area contributed by atoms with Crippen LogP contribution >= 0.6 is 22.9 Å². The van der Waals surface area contributed by atoms with Crippen molar-refractivity contribution in [2.45, 2.75) is 37.5 Å². The minimum absolute atomic E-state index is 0.00467. The van der Waals surface area contributed by atoms with Gasteiger partial charge in [-0.2, -0.15) is 13.2 Å². The van der Waals surface area contributed by atoms with Gasteiger partial charge in [0.15, 0.2) is 0 Å². The monoisotopic (exact) mass is 587 g/mol. The summed E-state index contributed by atoms with van der Waals surface area (Å²) in [6.07, 6.45) is -2.38. The van der Waals surface area contributed by atoms with E-state index in [1.807, 2.05) is 0 Å². The fourth-order valence-corrected chi connectivity index (χ4v) is 4.88. The highest BCUT2D eigenvalue weighted by molar-refractivity contribution is 7.18. The van der Waals surface area contributed by atoms with E-state index < -0.39 is 53.8 Å². The predicted molar refractivity (Wildman–Crippen MR) is 138 cm³/mol. The number of benzene rings is 1. The molecule has 4 rings (SSSR count). The van der Waals surface area contributed by atoms with Crippen LogP contribution in [0.2, 0.25) is 4.34 Å². The van der Waals surface area contributed by atoms with E-state index in [4.69, 9.17) is 16.3 Å². The van der Waals surface area contributed by atoms with E-state index >= 15 is 0 Å². The first-order valence-corrected chi connectivity index (χ1v) is 13.2. The van der Waals surface area contributed by atoms with E-state index in [2.05, 4.69) is 21.3 Å². The van der Waals surface area contributed by atoms with Crippen molar-refractivity contribution in [2.75, 3.05) is 36.5 Å². The fourth-order valence-electron chi connectivity index (χ4n) is 3.92. The Morgan fingerprint density at radius 1 is 1.18 bits per heavy atom. The number of carbonyl (C=O) groups is 4. The Hall–Kier alpha value is -3.36. The molecule has 0 spiro atoms. The van der Waals surface area contributed by atoms with Gasteiger partial charge in [-0.3, -0.25) is 14.4 Å². The molecule has 5 amide bonds. The topological polar surface area (TPSA) is 129 Å². The van der Waals surface area contributed by atoms with E-state index in [-0.39, 0.29) is 36.4 Å². The number of hydrogen-bond donors (Lipinski definition) is 4. The summed E-state index contributed by atoms with van der Waals surface area (Å²) in [6, 6.07) is 3.92. The zero-order valence-corrected chi connectivity index (χ0v) is 22.0. The zero-order valence-electron chi connectivity index (χ0n) is 20.4. The number of urea groups is 1. The molecule has 2 heterocycles. The Bertz CT molecular complexity index is 1250. The second-order valence-electron chi connectivity index (χ2n) is 8.93. The van der Waals surface area contributed by atoms with Gasteiger partial charge in [0.2, 0.25) is 5.91 Å². The lowest BCUT2D eigenvalue weighted by molar-refractivity contribution is -0.137. The van der Waals surface area contributed by atoms with E-state index in [9.17, 15) is 32.3 Å². The molecular weight excluding hydrogens is 563 g/mol. The Morgan fingerprint density at radius 3 is 2.56 bits per heavy atom. The number of anilines is 2. The molecule has 39 heavy (non-hydrogen) atoms. The van der Waals surface area contributed by atoms with E-state index in [0.717, 1.165) is 42.7 Å². The summed E-state index contributed by atoms with van der Waals surface area (Å²) < 4.78 is 47.3. The number of nitrogens with one attached hydrogen (secondary N) is 4. The predicted octanol–water partition coefficient (Wildman–Crippen LogP) is 3.37. The minimum atomic E-state index is -4.87. The van der Waals surface area contributed by atoms with E-state index in [1.54, 1.807) is 0 Å². The van der Waals surface area contributed by atoms with Crippen LogP contribution in [0.3, 0.4) is 0 Å². The number of rotatable bonds is 8. The minimum Gasteiger partial charge on any atom is -0.370 e. The molecule has 1 saturated carbocycles. The number of nitrogens with zero attached hydrogens (tertiary/aromatic N) is 1. The Morgan fingerprint density at radius 2 is 1.95 bits per heavy atom. The van der Waals surface area contributed by atoms with Gasteiger partial charge in [0.05, 0.1) is 27.1 Å². The molecule has 2 aromatic rings. The largest absolute Gasteiger partial charge is 0.418 e. The molecule has 1 aromatic heterocycles. The maximum Gasteiger partial charge on any atom is 0.418 e. The van der Waals surface area contributed by atoms with Crippen LogP contribution in [-0.2, 0) is 20.5 Å². The third-order valence-corrected chi connectivity index (χ3v) is 7.42. The average molecular weight is 588 g/mol. The molecule has 1 saturated heterocycles. The zero-order chi connectivity index (χ0) is 28.2. The van der Waals surface area contributed by atoms with Gasteiger partial charge in [-0.15, -0.1) is 11.3 Å². The van der Waals surface area contributed by atoms with Crippen LogP contribution in [0.4, 0.5) is 29.3 Å². The fraction of sp³-hybridized carbons (Fsp3) is 0.417. The van der Waals surface area contributed by atoms with Gasteiger partial charge in [-0.25, -0.2) is 4.79 Å². The lowest BCUT2D eigenvalue weighted by atomic mass is 9.93. The molecule has 0 radical (unpaired) electrons. The first-order valence-electron chi connectivity index (χ1n) is 12.0. The molecule has 2 fully saturated rings. The lowest BCUT2D eigenvalue weighted by Gasteiger charge is -2.28. The molecule has 10 nitrogen and oxygen atoms in total. The van der Waals surface area contributed by atoms with Crippen molar-refractivity contribution in [3.05, 3.63) is 45.1 Å². The van der Waals surface area contributed by atoms with Crippen LogP contribution in [0.1, 0.15) is 34.5 Å². The van der Waals surface area contributed by atoms with Crippen LogP contribution in [0.25, 0.3) is 0 Å². The highest BCUT2D eigenvalue weighted by Crippen LogP contribution is 2.37. The van der Waals surface area contributed by atoms with Crippen LogP contribution in [0.15, 0.2) is 30.3 Å². The summed E-state index contributed by atoms with van der Waals surface area (Å²) in [5, 5.41) is 9.83. The van der Waals surface area contributed by atoms with Crippen molar-refractivity contribution >= 4 is 58.1 Å². The van der Waals surface area contributed by atoms with Crippen LogP contribution < -0.4 is 26.2 Å². The Kier molecular flexibility index (Phi) is 8.97. The molecule has 1 atom stereocenters. The molecular formula is C24H25ClF3N5O5S. The smallest absolute Gasteiger partial charge is 0.370 e. The van der Waals surface area contributed by atoms with Crippen LogP contribution in [0.5, 0.6) is 0 Å². The standard InChI is InChI=1S/C24H25ClF3N5O5S/c25-19-7-6-18(39-19)22(36)29-11-17(32-23(37)30-13-2-1-3-13)21(35)31-16-5-4-14(10-15(16)24(26,27)28)33-8-9-38-12-20(33)34/h4-7,10,13,17H,1-3,8-9,11-12H2,(H,29,36)(H,31,35)(H2,30,32,37)/t17-/m0/s1. The quantitative estimate of drug-likeness (QED) is 0.376. The molecule has 210 valence electrons. The number of morpholine rings is 1. The van der Waals surface area contributed by atoms with Gasteiger partial charge in [0.1, 0.15) is 12.6 Å². The molecule has 1 aromatic carbocycles. The maximum absolute atomic E-state index is 14.0. The number of amides is 5. The molecule has 4 N–H and O–H groups in total. The molecule has 15 heteroatoms. The van der Waals surface area contributed by atoms with Gasteiger partial charge in [0.25, 0.3) is 11.8 Å².